The summed E-state index contributed by atoms with van der Waals surface area (Å²) in [4.78, 5) is 15.6. The average Bonchev–Trinajstić information content (AvgIpc) is 2.67. The Hall–Kier alpha value is -2.34. The predicted octanol–water partition coefficient (Wildman–Crippen LogP) is 5.56. The van der Waals surface area contributed by atoms with Gasteiger partial charge in [-0.1, -0.05) is 17.7 Å². The van der Waals surface area contributed by atoms with E-state index in [2.05, 4.69) is 19.1 Å². The third kappa shape index (κ3) is 6.10. The van der Waals surface area contributed by atoms with E-state index in [1.54, 1.807) is 4.90 Å². The van der Waals surface area contributed by atoms with Gasteiger partial charge in [-0.2, -0.15) is 0 Å². The van der Waals surface area contributed by atoms with Crippen molar-refractivity contribution in [1.82, 2.24) is 4.90 Å². The quantitative estimate of drug-likeness (QED) is 0.621. The van der Waals surface area contributed by atoms with E-state index in [1.165, 1.54) is 5.56 Å². The van der Waals surface area contributed by atoms with Crippen LogP contribution in [0.4, 0.5) is 4.79 Å². The van der Waals surface area contributed by atoms with Crippen LogP contribution in [-0.2, 0) is 15.5 Å². The molecule has 31 heavy (non-hydrogen) atoms. The average molecular weight is 444 g/mol. The van der Waals surface area contributed by atoms with Crippen LogP contribution >= 0.6 is 0 Å². The zero-order chi connectivity index (χ0) is 22.8. The third-order valence-electron chi connectivity index (χ3n) is 5.22. The Kier molecular flexibility index (Phi) is 7.10. The molecule has 168 valence electrons. The number of piperidine rings is 1. The number of amides is 1. The number of carbonyl (C=O) groups excluding carboxylic acids is 1. The van der Waals surface area contributed by atoms with Crippen molar-refractivity contribution in [2.45, 2.75) is 75.9 Å². The molecule has 2 aromatic carbocycles. The van der Waals surface area contributed by atoms with Gasteiger partial charge in [0.25, 0.3) is 0 Å². The molecule has 1 amide bonds. The molecular weight excluding hydrogens is 410 g/mol. The number of aryl methyl sites for hydroxylation is 3. The molecule has 0 N–H and O–H groups in total. The molecule has 1 fully saturated rings. The number of carbonyl (C=O) groups is 1. The smallest absolute Gasteiger partial charge is 0.410 e. The maximum atomic E-state index is 13.1. The minimum Gasteiger partial charge on any atom is -0.490 e. The maximum absolute atomic E-state index is 13.1. The molecule has 0 spiro atoms. The summed E-state index contributed by atoms with van der Waals surface area (Å²) in [5, 5.41) is 0. The van der Waals surface area contributed by atoms with Crippen LogP contribution in [0.5, 0.6) is 5.75 Å². The van der Waals surface area contributed by atoms with E-state index in [1.807, 2.05) is 58.9 Å². The van der Waals surface area contributed by atoms with Gasteiger partial charge >= 0.3 is 6.09 Å². The summed E-state index contributed by atoms with van der Waals surface area (Å²) >= 11 is 0. The van der Waals surface area contributed by atoms with Gasteiger partial charge in [-0.3, -0.25) is 0 Å². The molecule has 0 aliphatic carbocycles. The summed E-state index contributed by atoms with van der Waals surface area (Å²) in [5.41, 5.74) is 2.79. The first-order valence-electron chi connectivity index (χ1n) is 10.8. The SMILES string of the molecule is Cc1cc(C)c(S(=O)c2ccc(OC3CCN(C(=O)OC(C)(C)C)CC3)cc2)c(C)c1. The van der Waals surface area contributed by atoms with Gasteiger partial charge in [0.1, 0.15) is 17.5 Å². The third-order valence-corrected chi connectivity index (χ3v) is 6.94. The molecule has 1 atom stereocenters. The second-order valence-electron chi connectivity index (χ2n) is 9.25. The lowest BCUT2D eigenvalue weighted by Gasteiger charge is -2.33. The normalized spacial score (nSPS) is 16.1. The monoisotopic (exact) mass is 443 g/mol. The zero-order valence-corrected chi connectivity index (χ0v) is 20.2. The van der Waals surface area contributed by atoms with Crippen LogP contribution in [-0.4, -0.2) is 40.0 Å². The molecule has 2 aromatic rings. The topological polar surface area (TPSA) is 55.8 Å². The van der Waals surface area contributed by atoms with Crippen LogP contribution in [0.25, 0.3) is 0 Å². The summed E-state index contributed by atoms with van der Waals surface area (Å²) in [5.74, 6) is 0.758. The van der Waals surface area contributed by atoms with Crippen molar-refractivity contribution in [3.05, 3.63) is 53.1 Å². The van der Waals surface area contributed by atoms with Crippen LogP contribution in [0.3, 0.4) is 0 Å². The lowest BCUT2D eigenvalue weighted by Crippen LogP contribution is -2.44. The molecule has 0 aromatic heterocycles. The minimum absolute atomic E-state index is 0.0524. The fourth-order valence-corrected chi connectivity index (χ4v) is 5.22. The van der Waals surface area contributed by atoms with Crippen LogP contribution in [0, 0.1) is 20.8 Å². The molecule has 0 saturated carbocycles. The number of benzene rings is 2. The van der Waals surface area contributed by atoms with Gasteiger partial charge in [0.15, 0.2) is 0 Å². The van der Waals surface area contributed by atoms with Gasteiger partial charge in [0, 0.05) is 35.7 Å². The van der Waals surface area contributed by atoms with E-state index in [4.69, 9.17) is 9.47 Å². The summed E-state index contributed by atoms with van der Waals surface area (Å²) in [6.07, 6.45) is 1.31. The number of hydrogen-bond donors (Lipinski definition) is 0. The van der Waals surface area contributed by atoms with Gasteiger partial charge in [-0.25, -0.2) is 9.00 Å². The van der Waals surface area contributed by atoms with Crippen LogP contribution < -0.4 is 4.74 Å². The maximum Gasteiger partial charge on any atom is 0.410 e. The molecule has 1 unspecified atom stereocenters. The number of hydrogen-bond acceptors (Lipinski definition) is 4. The number of likely N-dealkylation sites (tertiary alicyclic amines) is 1. The second kappa shape index (κ2) is 9.43. The number of rotatable bonds is 4. The molecule has 1 saturated heterocycles. The largest absolute Gasteiger partial charge is 0.490 e. The molecule has 5 nitrogen and oxygen atoms in total. The van der Waals surface area contributed by atoms with Gasteiger partial charge in [-0.05, 0) is 76.9 Å². The first kappa shape index (κ1) is 23.3. The Morgan fingerprint density at radius 3 is 2.06 bits per heavy atom. The minimum atomic E-state index is -1.23. The lowest BCUT2D eigenvalue weighted by atomic mass is 10.1. The first-order valence-corrected chi connectivity index (χ1v) is 11.9. The highest BCUT2D eigenvalue weighted by atomic mass is 32.2. The molecule has 1 aliphatic rings. The van der Waals surface area contributed by atoms with E-state index in [9.17, 15) is 9.00 Å². The Bertz CT molecular complexity index is 931. The molecule has 1 aliphatic heterocycles. The Labute approximate surface area is 188 Å². The van der Waals surface area contributed by atoms with E-state index in [-0.39, 0.29) is 12.2 Å². The van der Waals surface area contributed by atoms with Crippen molar-refractivity contribution < 1.29 is 18.5 Å². The van der Waals surface area contributed by atoms with Gasteiger partial charge in [0.2, 0.25) is 0 Å². The van der Waals surface area contributed by atoms with Crippen molar-refractivity contribution >= 4 is 16.9 Å². The van der Waals surface area contributed by atoms with Crippen molar-refractivity contribution in [1.29, 1.82) is 0 Å². The van der Waals surface area contributed by atoms with Crippen molar-refractivity contribution in [3.63, 3.8) is 0 Å². The van der Waals surface area contributed by atoms with Gasteiger partial charge < -0.3 is 14.4 Å². The molecule has 6 heteroatoms. The second-order valence-corrected chi connectivity index (χ2v) is 10.7. The van der Waals surface area contributed by atoms with Crippen molar-refractivity contribution in [2.75, 3.05) is 13.1 Å². The standard InChI is InChI=1S/C25H33NO4S/c1-17-15-18(2)23(19(3)16-17)31(28)22-9-7-20(8-10-22)29-21-11-13-26(14-12-21)24(27)30-25(4,5)6/h7-10,15-16,21H,11-14H2,1-6H3. The zero-order valence-electron chi connectivity index (χ0n) is 19.4. The Morgan fingerprint density at radius 1 is 1.00 bits per heavy atom. The number of ether oxygens (including phenoxy) is 2. The van der Waals surface area contributed by atoms with Crippen LogP contribution in [0.1, 0.15) is 50.3 Å². The highest BCUT2D eigenvalue weighted by Crippen LogP contribution is 2.27. The van der Waals surface area contributed by atoms with E-state index >= 15 is 0 Å². The predicted molar refractivity (Wildman–Crippen MR) is 123 cm³/mol. The van der Waals surface area contributed by atoms with E-state index in [0.29, 0.717) is 13.1 Å². The van der Waals surface area contributed by atoms with Gasteiger partial charge in [-0.15, -0.1) is 0 Å². The lowest BCUT2D eigenvalue weighted by molar-refractivity contribution is 0.0126. The van der Waals surface area contributed by atoms with Crippen molar-refractivity contribution in [2.24, 2.45) is 0 Å². The first-order chi connectivity index (χ1) is 14.5. The molecule has 1 heterocycles. The Morgan fingerprint density at radius 2 is 1.55 bits per heavy atom. The molecule has 0 radical (unpaired) electrons. The summed E-state index contributed by atoms with van der Waals surface area (Å²) in [6, 6.07) is 11.7. The molecule has 0 bridgehead atoms. The van der Waals surface area contributed by atoms with Gasteiger partial charge in [0.05, 0.1) is 10.8 Å². The van der Waals surface area contributed by atoms with E-state index < -0.39 is 16.4 Å². The van der Waals surface area contributed by atoms with Crippen molar-refractivity contribution in [3.8, 4) is 5.75 Å². The summed E-state index contributed by atoms with van der Waals surface area (Å²) < 4.78 is 24.7. The highest BCUT2D eigenvalue weighted by Gasteiger charge is 2.27. The summed E-state index contributed by atoms with van der Waals surface area (Å²) in [6.45, 7) is 12.9. The summed E-state index contributed by atoms with van der Waals surface area (Å²) in [7, 11) is -1.23. The number of nitrogens with zero attached hydrogens (tertiary/aromatic N) is 1. The van der Waals surface area contributed by atoms with Crippen LogP contribution in [0.15, 0.2) is 46.2 Å². The van der Waals surface area contributed by atoms with E-state index in [0.717, 1.165) is 39.5 Å². The fourth-order valence-electron chi connectivity index (χ4n) is 3.89. The Balaban J connectivity index is 1.58. The van der Waals surface area contributed by atoms with Crippen LogP contribution in [0.2, 0.25) is 0 Å². The highest BCUT2D eigenvalue weighted by molar-refractivity contribution is 7.85. The molecule has 3 rings (SSSR count). The fraction of sp³-hybridized carbons (Fsp3) is 0.480. The molecular formula is C25H33NO4S.